The highest BCUT2D eigenvalue weighted by Crippen LogP contribution is 2.33. The van der Waals surface area contributed by atoms with Gasteiger partial charge in [-0.1, -0.05) is 6.07 Å². The molecule has 11 heteroatoms. The number of amides is 1. The first-order chi connectivity index (χ1) is 16.3. The molecular formula is C23H20F3N5O3. The number of benzene rings is 1. The summed E-state index contributed by atoms with van der Waals surface area (Å²) in [4.78, 5) is 21.3. The van der Waals surface area contributed by atoms with E-state index in [-0.39, 0.29) is 22.7 Å². The summed E-state index contributed by atoms with van der Waals surface area (Å²) in [5.74, 6) is 0.485. The van der Waals surface area contributed by atoms with E-state index in [0.717, 1.165) is 23.7 Å². The molecule has 0 bridgehead atoms. The standard InChI is InChI=1S/C23H20F3N5O3/c1-33-16-5-2-4-15(12-16)29-7-9-30(10-8-29)22(32)17-14-27-31-20(23(24,25)26)13-18(28-21(17)31)19-6-3-11-34-19/h2-6,11-14H,7-10H2,1H3. The third-order valence-electron chi connectivity index (χ3n) is 5.75. The Labute approximate surface area is 192 Å². The van der Waals surface area contributed by atoms with Crippen molar-refractivity contribution in [1.82, 2.24) is 19.5 Å². The minimum atomic E-state index is -4.70. The van der Waals surface area contributed by atoms with Gasteiger partial charge in [0, 0.05) is 37.9 Å². The van der Waals surface area contributed by atoms with Crippen molar-refractivity contribution in [3.8, 4) is 17.2 Å². The van der Waals surface area contributed by atoms with Gasteiger partial charge in [0.25, 0.3) is 5.91 Å². The minimum absolute atomic E-state index is 0.00809. The van der Waals surface area contributed by atoms with E-state index in [1.54, 1.807) is 18.1 Å². The lowest BCUT2D eigenvalue weighted by molar-refractivity contribution is -0.142. The van der Waals surface area contributed by atoms with Crippen molar-refractivity contribution >= 4 is 17.2 Å². The van der Waals surface area contributed by atoms with Crippen LogP contribution in [0, 0.1) is 0 Å². The van der Waals surface area contributed by atoms with Crippen molar-refractivity contribution in [2.45, 2.75) is 6.18 Å². The highest BCUT2D eigenvalue weighted by Gasteiger charge is 2.37. The van der Waals surface area contributed by atoms with Crippen LogP contribution in [0.5, 0.6) is 5.75 Å². The molecule has 1 amide bonds. The summed E-state index contributed by atoms with van der Waals surface area (Å²) in [5.41, 5.74) is -0.245. The summed E-state index contributed by atoms with van der Waals surface area (Å²) in [5, 5.41) is 3.84. The first-order valence-electron chi connectivity index (χ1n) is 10.5. The summed E-state index contributed by atoms with van der Waals surface area (Å²) in [6.45, 7) is 1.93. The van der Waals surface area contributed by atoms with Crippen molar-refractivity contribution in [3.63, 3.8) is 0 Å². The average molecular weight is 471 g/mol. The van der Waals surface area contributed by atoms with Gasteiger partial charge in [-0.05, 0) is 30.3 Å². The largest absolute Gasteiger partial charge is 0.497 e. The Balaban J connectivity index is 1.43. The number of fused-ring (bicyclic) bond motifs is 1. The van der Waals surface area contributed by atoms with Gasteiger partial charge in [0.1, 0.15) is 17.0 Å². The van der Waals surface area contributed by atoms with E-state index in [1.807, 2.05) is 24.3 Å². The number of piperazine rings is 1. The number of ether oxygens (including phenoxy) is 1. The second-order valence-electron chi connectivity index (χ2n) is 7.78. The number of hydrogen-bond donors (Lipinski definition) is 0. The molecule has 1 saturated heterocycles. The average Bonchev–Trinajstić information content (AvgIpc) is 3.53. The number of carbonyl (C=O) groups excluding carboxylic acids is 1. The zero-order chi connectivity index (χ0) is 23.9. The fraction of sp³-hybridized carbons (Fsp3) is 0.261. The quantitative estimate of drug-likeness (QED) is 0.448. The lowest BCUT2D eigenvalue weighted by Gasteiger charge is -2.36. The topological polar surface area (TPSA) is 76.1 Å². The van der Waals surface area contributed by atoms with Crippen LogP contribution in [0.15, 0.2) is 59.3 Å². The van der Waals surface area contributed by atoms with Gasteiger partial charge in [0.15, 0.2) is 17.1 Å². The molecule has 0 atom stereocenters. The summed E-state index contributed by atoms with van der Waals surface area (Å²) in [6, 6.07) is 11.6. The highest BCUT2D eigenvalue weighted by molar-refractivity contribution is 6.00. The Hall–Kier alpha value is -4.02. The molecule has 1 aliphatic rings. The molecule has 0 N–H and O–H groups in total. The summed E-state index contributed by atoms with van der Waals surface area (Å²) < 4.78 is 52.4. The molecule has 4 aromatic rings. The normalized spacial score (nSPS) is 14.6. The molecule has 5 rings (SSSR count). The monoisotopic (exact) mass is 471 g/mol. The van der Waals surface area contributed by atoms with Crippen molar-refractivity contribution in [2.75, 3.05) is 38.2 Å². The van der Waals surface area contributed by atoms with E-state index in [9.17, 15) is 18.0 Å². The van der Waals surface area contributed by atoms with E-state index in [0.29, 0.717) is 30.7 Å². The van der Waals surface area contributed by atoms with Crippen LogP contribution in [0.3, 0.4) is 0 Å². The maximum atomic E-state index is 13.7. The molecule has 1 fully saturated rings. The minimum Gasteiger partial charge on any atom is -0.497 e. The molecule has 0 radical (unpaired) electrons. The zero-order valence-corrected chi connectivity index (χ0v) is 18.1. The number of halogens is 3. The second-order valence-corrected chi connectivity index (χ2v) is 7.78. The Morgan fingerprint density at radius 3 is 2.56 bits per heavy atom. The predicted octanol–water partition coefficient (Wildman–Crippen LogP) is 3.98. The van der Waals surface area contributed by atoms with Gasteiger partial charge in [0.05, 0.1) is 19.6 Å². The van der Waals surface area contributed by atoms with Crippen LogP contribution in [0.2, 0.25) is 0 Å². The molecule has 176 valence electrons. The van der Waals surface area contributed by atoms with Crippen molar-refractivity contribution in [3.05, 3.63) is 66.2 Å². The van der Waals surface area contributed by atoms with Gasteiger partial charge in [-0.15, -0.1) is 0 Å². The number of aromatic nitrogens is 3. The number of furan rings is 1. The molecule has 0 aliphatic carbocycles. The van der Waals surface area contributed by atoms with Crippen LogP contribution in [0.1, 0.15) is 16.1 Å². The van der Waals surface area contributed by atoms with Crippen LogP contribution >= 0.6 is 0 Å². The van der Waals surface area contributed by atoms with Gasteiger partial charge in [-0.25, -0.2) is 9.50 Å². The number of anilines is 1. The third-order valence-corrected chi connectivity index (χ3v) is 5.75. The lowest BCUT2D eigenvalue weighted by atomic mass is 10.2. The molecule has 1 aliphatic heterocycles. The van der Waals surface area contributed by atoms with E-state index in [1.165, 1.54) is 12.3 Å². The fourth-order valence-corrected chi connectivity index (χ4v) is 4.01. The van der Waals surface area contributed by atoms with Crippen molar-refractivity contribution < 1.29 is 27.1 Å². The summed E-state index contributed by atoms with van der Waals surface area (Å²) in [7, 11) is 1.60. The van der Waals surface area contributed by atoms with Gasteiger partial charge in [-0.3, -0.25) is 4.79 Å². The summed E-state index contributed by atoms with van der Waals surface area (Å²) >= 11 is 0. The Morgan fingerprint density at radius 2 is 1.88 bits per heavy atom. The number of methoxy groups -OCH3 is 1. The second kappa shape index (κ2) is 8.40. The van der Waals surface area contributed by atoms with E-state index in [4.69, 9.17) is 9.15 Å². The molecule has 0 saturated carbocycles. The van der Waals surface area contributed by atoms with E-state index >= 15 is 0 Å². The maximum Gasteiger partial charge on any atom is 0.433 e. The molecule has 0 unspecified atom stereocenters. The Bertz CT molecular complexity index is 1330. The van der Waals surface area contributed by atoms with Crippen molar-refractivity contribution in [2.24, 2.45) is 0 Å². The molecule has 3 aromatic heterocycles. The van der Waals surface area contributed by atoms with Crippen molar-refractivity contribution in [1.29, 1.82) is 0 Å². The predicted molar refractivity (Wildman–Crippen MR) is 117 cm³/mol. The van der Waals surface area contributed by atoms with E-state index in [2.05, 4.69) is 15.0 Å². The summed E-state index contributed by atoms with van der Waals surface area (Å²) in [6.07, 6.45) is -2.21. The van der Waals surface area contributed by atoms with Crippen LogP contribution in [-0.4, -0.2) is 58.7 Å². The molecule has 0 spiro atoms. The number of alkyl halides is 3. The third kappa shape index (κ3) is 3.93. The van der Waals surface area contributed by atoms with Gasteiger partial charge in [-0.2, -0.15) is 18.3 Å². The molecule has 8 nitrogen and oxygen atoms in total. The van der Waals surface area contributed by atoms with Crippen LogP contribution in [-0.2, 0) is 6.18 Å². The van der Waals surface area contributed by atoms with Crippen LogP contribution in [0.25, 0.3) is 17.1 Å². The molecule has 34 heavy (non-hydrogen) atoms. The maximum absolute atomic E-state index is 13.7. The first kappa shape index (κ1) is 21.8. The SMILES string of the molecule is COc1cccc(N2CCN(C(=O)c3cnn4c(C(F)(F)F)cc(-c5ccco5)nc34)CC2)c1. The zero-order valence-electron chi connectivity index (χ0n) is 18.1. The highest BCUT2D eigenvalue weighted by atomic mass is 19.4. The van der Waals surface area contributed by atoms with Gasteiger partial charge >= 0.3 is 6.18 Å². The Morgan fingerprint density at radius 1 is 1.09 bits per heavy atom. The number of nitrogens with zero attached hydrogens (tertiary/aromatic N) is 5. The smallest absolute Gasteiger partial charge is 0.433 e. The number of carbonyl (C=O) groups is 1. The lowest BCUT2D eigenvalue weighted by Crippen LogP contribution is -2.48. The van der Waals surface area contributed by atoms with Crippen LogP contribution in [0.4, 0.5) is 18.9 Å². The fourth-order valence-electron chi connectivity index (χ4n) is 4.01. The van der Waals surface area contributed by atoms with Gasteiger partial charge in [0.2, 0.25) is 0 Å². The molecular weight excluding hydrogens is 451 g/mol. The van der Waals surface area contributed by atoms with Gasteiger partial charge < -0.3 is 19.0 Å². The van der Waals surface area contributed by atoms with E-state index < -0.39 is 17.8 Å². The number of hydrogen-bond acceptors (Lipinski definition) is 6. The number of rotatable bonds is 4. The molecule has 1 aromatic carbocycles. The van der Waals surface area contributed by atoms with Crippen LogP contribution < -0.4 is 9.64 Å². The Kier molecular flexibility index (Phi) is 5.39. The molecule has 4 heterocycles. The first-order valence-corrected chi connectivity index (χ1v) is 10.5.